The minimum absolute atomic E-state index is 0.249. The fourth-order valence-corrected chi connectivity index (χ4v) is 2.50. The minimum Gasteiger partial charge on any atom is -0.347 e. The van der Waals surface area contributed by atoms with Gasteiger partial charge in [-0.15, -0.1) is 5.10 Å². The number of rotatable bonds is 3. The number of pyridine rings is 1. The standard InChI is InChI=1S/C13H18N4/c1-3-13(8-5-9-13)15-12-14-11-7-4-6-10(2)17(11)16-12/h4,6-7H,3,5,8-9H2,1-2H3,(H,15,16). The molecule has 0 amide bonds. The van der Waals surface area contributed by atoms with Crippen molar-refractivity contribution in [2.24, 2.45) is 0 Å². The average molecular weight is 230 g/mol. The van der Waals surface area contributed by atoms with E-state index in [0.29, 0.717) is 0 Å². The quantitative estimate of drug-likeness (QED) is 0.881. The maximum Gasteiger partial charge on any atom is 0.243 e. The molecule has 90 valence electrons. The number of aryl methyl sites for hydroxylation is 1. The Morgan fingerprint density at radius 2 is 2.24 bits per heavy atom. The van der Waals surface area contributed by atoms with Crippen LogP contribution in [-0.2, 0) is 0 Å². The Morgan fingerprint density at radius 3 is 2.82 bits per heavy atom. The Morgan fingerprint density at radius 1 is 1.41 bits per heavy atom. The van der Waals surface area contributed by atoms with Gasteiger partial charge in [-0.25, -0.2) is 4.52 Å². The highest BCUT2D eigenvalue weighted by Gasteiger charge is 2.35. The van der Waals surface area contributed by atoms with Crippen molar-refractivity contribution in [1.29, 1.82) is 0 Å². The number of anilines is 1. The highest BCUT2D eigenvalue weighted by molar-refractivity contribution is 5.45. The van der Waals surface area contributed by atoms with Crippen molar-refractivity contribution in [3.8, 4) is 0 Å². The van der Waals surface area contributed by atoms with E-state index in [2.05, 4.69) is 22.3 Å². The van der Waals surface area contributed by atoms with Gasteiger partial charge in [0.05, 0.1) is 0 Å². The smallest absolute Gasteiger partial charge is 0.243 e. The second-order valence-corrected chi connectivity index (χ2v) is 4.99. The molecule has 2 aromatic heterocycles. The van der Waals surface area contributed by atoms with Crippen LogP contribution in [0.4, 0.5) is 5.95 Å². The largest absolute Gasteiger partial charge is 0.347 e. The van der Waals surface area contributed by atoms with Crippen LogP contribution < -0.4 is 5.32 Å². The molecule has 1 aliphatic carbocycles. The zero-order chi connectivity index (χ0) is 11.9. The number of aromatic nitrogens is 3. The van der Waals surface area contributed by atoms with Crippen LogP contribution in [0.15, 0.2) is 18.2 Å². The van der Waals surface area contributed by atoms with Gasteiger partial charge < -0.3 is 5.32 Å². The van der Waals surface area contributed by atoms with Crippen molar-refractivity contribution in [1.82, 2.24) is 14.6 Å². The van der Waals surface area contributed by atoms with Crippen LogP contribution in [0, 0.1) is 6.92 Å². The second-order valence-electron chi connectivity index (χ2n) is 4.99. The molecule has 0 bridgehead atoms. The molecule has 0 aliphatic heterocycles. The van der Waals surface area contributed by atoms with Gasteiger partial charge in [0.25, 0.3) is 0 Å². The maximum atomic E-state index is 4.53. The van der Waals surface area contributed by atoms with Gasteiger partial charge in [-0.05, 0) is 44.7 Å². The van der Waals surface area contributed by atoms with E-state index < -0.39 is 0 Å². The molecule has 1 N–H and O–H groups in total. The second kappa shape index (κ2) is 3.72. The topological polar surface area (TPSA) is 42.2 Å². The Kier molecular flexibility index (Phi) is 2.31. The molecule has 1 saturated carbocycles. The molecule has 2 heterocycles. The first-order valence-corrected chi connectivity index (χ1v) is 6.33. The lowest BCUT2D eigenvalue weighted by atomic mass is 9.75. The lowest BCUT2D eigenvalue weighted by molar-refractivity contribution is 0.268. The normalized spacial score (nSPS) is 18.0. The van der Waals surface area contributed by atoms with E-state index in [1.807, 2.05) is 29.6 Å². The van der Waals surface area contributed by atoms with Crippen molar-refractivity contribution in [3.05, 3.63) is 23.9 Å². The Bertz CT molecular complexity index is 534. The van der Waals surface area contributed by atoms with E-state index in [-0.39, 0.29) is 5.54 Å². The zero-order valence-electron chi connectivity index (χ0n) is 10.4. The molecule has 0 spiro atoms. The van der Waals surface area contributed by atoms with Gasteiger partial charge >= 0.3 is 0 Å². The third-order valence-corrected chi connectivity index (χ3v) is 3.91. The number of fused-ring (bicyclic) bond motifs is 1. The molecular formula is C13H18N4. The van der Waals surface area contributed by atoms with Crippen LogP contribution in [-0.4, -0.2) is 20.1 Å². The summed E-state index contributed by atoms with van der Waals surface area (Å²) in [6.07, 6.45) is 4.92. The van der Waals surface area contributed by atoms with Crippen LogP contribution in [0.25, 0.3) is 5.65 Å². The molecule has 1 aliphatic rings. The minimum atomic E-state index is 0.249. The summed E-state index contributed by atoms with van der Waals surface area (Å²) >= 11 is 0. The monoisotopic (exact) mass is 230 g/mol. The molecule has 0 unspecified atom stereocenters. The summed E-state index contributed by atoms with van der Waals surface area (Å²) in [5.74, 6) is 0.765. The van der Waals surface area contributed by atoms with Crippen molar-refractivity contribution in [2.45, 2.75) is 45.1 Å². The summed E-state index contributed by atoms with van der Waals surface area (Å²) in [6.45, 7) is 4.28. The molecule has 4 heteroatoms. The molecule has 3 rings (SSSR count). The summed E-state index contributed by atoms with van der Waals surface area (Å²) in [7, 11) is 0. The van der Waals surface area contributed by atoms with Gasteiger partial charge in [0.15, 0.2) is 5.65 Å². The first kappa shape index (κ1) is 10.6. The number of nitrogens with zero attached hydrogens (tertiary/aromatic N) is 3. The number of hydrogen-bond acceptors (Lipinski definition) is 3. The predicted molar refractivity (Wildman–Crippen MR) is 68.2 cm³/mol. The average Bonchev–Trinajstić information content (AvgIpc) is 2.68. The Labute approximate surface area is 101 Å². The van der Waals surface area contributed by atoms with Crippen LogP contribution >= 0.6 is 0 Å². The molecule has 2 aromatic rings. The van der Waals surface area contributed by atoms with Crippen molar-refractivity contribution in [3.63, 3.8) is 0 Å². The van der Waals surface area contributed by atoms with Crippen LogP contribution in [0.3, 0.4) is 0 Å². The van der Waals surface area contributed by atoms with Crippen molar-refractivity contribution in [2.75, 3.05) is 5.32 Å². The third kappa shape index (κ3) is 1.68. The van der Waals surface area contributed by atoms with Crippen LogP contribution in [0.2, 0.25) is 0 Å². The highest BCUT2D eigenvalue weighted by atomic mass is 15.4. The predicted octanol–water partition coefficient (Wildman–Crippen LogP) is 2.78. The van der Waals surface area contributed by atoms with E-state index in [1.54, 1.807) is 0 Å². The van der Waals surface area contributed by atoms with E-state index in [1.165, 1.54) is 19.3 Å². The summed E-state index contributed by atoms with van der Waals surface area (Å²) in [4.78, 5) is 4.53. The van der Waals surface area contributed by atoms with Gasteiger partial charge in [0.1, 0.15) is 0 Å². The Hall–Kier alpha value is -1.58. The van der Waals surface area contributed by atoms with Crippen molar-refractivity contribution >= 4 is 11.6 Å². The molecule has 0 atom stereocenters. The first-order chi connectivity index (χ1) is 8.22. The van der Waals surface area contributed by atoms with Crippen LogP contribution in [0.1, 0.15) is 38.3 Å². The van der Waals surface area contributed by atoms with E-state index in [4.69, 9.17) is 0 Å². The first-order valence-electron chi connectivity index (χ1n) is 6.33. The lowest BCUT2D eigenvalue weighted by Gasteiger charge is -2.41. The summed E-state index contributed by atoms with van der Waals surface area (Å²) in [5, 5.41) is 8.04. The van der Waals surface area contributed by atoms with Gasteiger partial charge in [0.2, 0.25) is 5.95 Å². The molecule has 0 saturated heterocycles. The Balaban J connectivity index is 1.93. The van der Waals surface area contributed by atoms with Gasteiger partial charge in [-0.3, -0.25) is 0 Å². The maximum absolute atomic E-state index is 4.53. The van der Waals surface area contributed by atoms with E-state index in [0.717, 1.165) is 23.7 Å². The molecule has 4 nitrogen and oxygen atoms in total. The fourth-order valence-electron chi connectivity index (χ4n) is 2.50. The third-order valence-electron chi connectivity index (χ3n) is 3.91. The van der Waals surface area contributed by atoms with Gasteiger partial charge in [-0.1, -0.05) is 13.0 Å². The zero-order valence-corrected chi connectivity index (χ0v) is 10.4. The molecule has 17 heavy (non-hydrogen) atoms. The van der Waals surface area contributed by atoms with E-state index in [9.17, 15) is 0 Å². The molecule has 1 fully saturated rings. The van der Waals surface area contributed by atoms with Gasteiger partial charge in [0, 0.05) is 11.2 Å². The van der Waals surface area contributed by atoms with Gasteiger partial charge in [-0.2, -0.15) is 4.98 Å². The summed E-state index contributed by atoms with van der Waals surface area (Å²) in [5.41, 5.74) is 2.28. The summed E-state index contributed by atoms with van der Waals surface area (Å²) < 4.78 is 1.89. The molecule has 0 aromatic carbocycles. The number of hydrogen-bond donors (Lipinski definition) is 1. The molecule has 0 radical (unpaired) electrons. The highest BCUT2D eigenvalue weighted by Crippen LogP contribution is 2.37. The van der Waals surface area contributed by atoms with Crippen molar-refractivity contribution < 1.29 is 0 Å². The fraction of sp³-hybridized carbons (Fsp3) is 0.538. The number of nitrogens with one attached hydrogen (secondary N) is 1. The summed E-state index contributed by atoms with van der Waals surface area (Å²) in [6, 6.07) is 6.05. The lowest BCUT2D eigenvalue weighted by Crippen LogP contribution is -2.44. The SMILES string of the molecule is CCC1(Nc2nc3cccc(C)n3n2)CCC1. The molecular weight excluding hydrogens is 212 g/mol. The van der Waals surface area contributed by atoms with Crippen LogP contribution in [0.5, 0.6) is 0 Å². The van der Waals surface area contributed by atoms with E-state index >= 15 is 0 Å².